The van der Waals surface area contributed by atoms with E-state index in [1.807, 2.05) is 32.4 Å². The third kappa shape index (κ3) is 6.59. The molecule has 0 bridgehead atoms. The van der Waals surface area contributed by atoms with E-state index in [-0.39, 0.29) is 22.7 Å². The smallest absolute Gasteiger partial charge is 0.333 e. The predicted octanol–water partition coefficient (Wildman–Crippen LogP) is 3.43. The molecule has 3 N–H and O–H groups in total. The Hall–Kier alpha value is -2.79. The van der Waals surface area contributed by atoms with Crippen molar-refractivity contribution < 1.29 is 22.3 Å². The maximum atomic E-state index is 14.0. The standard InChI is InChI=1S/C20H28FN5O4S/c1-12(2)16-8-14(21)9-17(13(3)4)18(16)25-20(27)26-31(28,29)15-10-23-19(24-11-15)22-6-7-30-5/h8-13H,6-7H2,1-5H3,(H,22,23,24)(H2,25,26,27). The second-order valence-electron chi connectivity index (χ2n) is 7.49. The fraction of sp³-hybridized carbons (Fsp3) is 0.450. The molecule has 0 aliphatic heterocycles. The van der Waals surface area contributed by atoms with Crippen LogP contribution in [0, 0.1) is 5.82 Å². The SMILES string of the molecule is COCCNc1ncc(S(=O)(=O)NC(=O)Nc2c(C(C)C)cc(F)cc2C(C)C)cn1. The summed E-state index contributed by atoms with van der Waals surface area (Å²) in [4.78, 5) is 20.1. The molecule has 9 nitrogen and oxygen atoms in total. The minimum absolute atomic E-state index is 0.0911. The highest BCUT2D eigenvalue weighted by molar-refractivity contribution is 7.90. The van der Waals surface area contributed by atoms with Gasteiger partial charge in [0.25, 0.3) is 10.0 Å². The summed E-state index contributed by atoms with van der Waals surface area (Å²) in [7, 11) is -2.66. The Morgan fingerprint density at radius 1 is 1.10 bits per heavy atom. The molecule has 2 rings (SSSR count). The zero-order valence-electron chi connectivity index (χ0n) is 18.2. The molecule has 170 valence electrons. The number of aromatic nitrogens is 2. The summed E-state index contributed by atoms with van der Waals surface area (Å²) >= 11 is 0. The Balaban J connectivity index is 2.20. The number of urea groups is 1. The lowest BCUT2D eigenvalue weighted by Crippen LogP contribution is -2.35. The third-order valence-electron chi connectivity index (χ3n) is 4.40. The van der Waals surface area contributed by atoms with Crippen LogP contribution in [0.25, 0.3) is 0 Å². The van der Waals surface area contributed by atoms with Gasteiger partial charge in [-0.3, -0.25) is 0 Å². The van der Waals surface area contributed by atoms with E-state index in [1.165, 1.54) is 12.1 Å². The zero-order valence-corrected chi connectivity index (χ0v) is 19.0. The van der Waals surface area contributed by atoms with E-state index >= 15 is 0 Å². The van der Waals surface area contributed by atoms with Crippen molar-refractivity contribution in [2.75, 3.05) is 30.9 Å². The molecule has 0 radical (unpaired) electrons. The molecule has 0 spiro atoms. The number of halogens is 1. The van der Waals surface area contributed by atoms with Crippen molar-refractivity contribution in [3.8, 4) is 0 Å². The Morgan fingerprint density at radius 2 is 1.65 bits per heavy atom. The topological polar surface area (TPSA) is 122 Å². The molecule has 11 heteroatoms. The molecular weight excluding hydrogens is 425 g/mol. The highest BCUT2D eigenvalue weighted by Crippen LogP contribution is 2.33. The van der Waals surface area contributed by atoms with Gasteiger partial charge in [0.15, 0.2) is 0 Å². The molecule has 0 unspecified atom stereocenters. The van der Waals surface area contributed by atoms with Crippen LogP contribution in [-0.2, 0) is 14.8 Å². The number of rotatable bonds is 9. The van der Waals surface area contributed by atoms with E-state index in [1.54, 1.807) is 7.11 Å². The van der Waals surface area contributed by atoms with Crippen molar-refractivity contribution in [1.82, 2.24) is 14.7 Å². The number of methoxy groups -OCH3 is 1. The first-order valence-electron chi connectivity index (χ1n) is 9.77. The van der Waals surface area contributed by atoms with Gasteiger partial charge in [0.05, 0.1) is 19.0 Å². The highest BCUT2D eigenvalue weighted by Gasteiger charge is 2.22. The summed E-state index contributed by atoms with van der Waals surface area (Å²) in [6.45, 7) is 8.33. The van der Waals surface area contributed by atoms with Crippen molar-refractivity contribution in [2.45, 2.75) is 44.4 Å². The van der Waals surface area contributed by atoms with Crippen LogP contribution >= 0.6 is 0 Å². The van der Waals surface area contributed by atoms with E-state index in [0.717, 1.165) is 12.4 Å². The number of amides is 2. The Labute approximate surface area is 181 Å². The summed E-state index contributed by atoms with van der Waals surface area (Å²) in [5.74, 6) is -0.365. The van der Waals surface area contributed by atoms with Gasteiger partial charge < -0.3 is 15.4 Å². The Morgan fingerprint density at radius 3 is 2.13 bits per heavy atom. The molecule has 31 heavy (non-hydrogen) atoms. The van der Waals surface area contributed by atoms with Crippen LogP contribution < -0.4 is 15.4 Å². The Bertz CT molecular complexity index is 982. The molecule has 1 aromatic heterocycles. The number of sulfonamides is 1. The van der Waals surface area contributed by atoms with E-state index < -0.39 is 21.9 Å². The predicted molar refractivity (Wildman–Crippen MR) is 116 cm³/mol. The minimum atomic E-state index is -4.21. The van der Waals surface area contributed by atoms with Gasteiger partial charge in [0.2, 0.25) is 5.95 Å². The molecule has 1 aromatic carbocycles. The number of hydrogen-bond donors (Lipinski definition) is 3. The highest BCUT2D eigenvalue weighted by atomic mass is 32.2. The molecule has 2 aromatic rings. The average Bonchev–Trinajstić information content (AvgIpc) is 2.68. The van der Waals surface area contributed by atoms with Gasteiger partial charge in [-0.05, 0) is 35.1 Å². The van der Waals surface area contributed by atoms with Crippen molar-refractivity contribution in [2.24, 2.45) is 0 Å². The molecular formula is C20H28FN5O4S. The van der Waals surface area contributed by atoms with Gasteiger partial charge in [0.1, 0.15) is 10.7 Å². The van der Waals surface area contributed by atoms with Crippen molar-refractivity contribution in [3.63, 3.8) is 0 Å². The van der Waals surface area contributed by atoms with Crippen molar-refractivity contribution >= 4 is 27.7 Å². The van der Waals surface area contributed by atoms with Crippen LogP contribution in [0.5, 0.6) is 0 Å². The lowest BCUT2D eigenvalue weighted by atomic mass is 9.92. The second kappa shape index (κ2) is 10.5. The van der Waals surface area contributed by atoms with Gasteiger partial charge in [-0.25, -0.2) is 32.3 Å². The quantitative estimate of drug-likeness (QED) is 0.497. The van der Waals surface area contributed by atoms with Crippen LogP contribution in [0.4, 0.5) is 20.8 Å². The summed E-state index contributed by atoms with van der Waals surface area (Å²) in [6.07, 6.45) is 2.18. The van der Waals surface area contributed by atoms with Gasteiger partial charge >= 0.3 is 6.03 Å². The van der Waals surface area contributed by atoms with Crippen LogP contribution in [0.2, 0.25) is 0 Å². The summed E-state index contributed by atoms with van der Waals surface area (Å²) in [5, 5.41) is 5.44. The van der Waals surface area contributed by atoms with Crippen LogP contribution in [0.1, 0.15) is 50.7 Å². The zero-order chi connectivity index (χ0) is 23.2. The average molecular weight is 454 g/mol. The molecule has 0 atom stereocenters. The van der Waals surface area contributed by atoms with Crippen molar-refractivity contribution in [3.05, 3.63) is 41.5 Å². The summed E-state index contributed by atoms with van der Waals surface area (Å²) < 4.78 is 46.0. The number of ether oxygens (including phenoxy) is 1. The minimum Gasteiger partial charge on any atom is -0.383 e. The van der Waals surface area contributed by atoms with Gasteiger partial charge in [-0.2, -0.15) is 0 Å². The number of anilines is 2. The van der Waals surface area contributed by atoms with Gasteiger partial charge in [-0.15, -0.1) is 0 Å². The molecule has 0 saturated heterocycles. The van der Waals surface area contributed by atoms with E-state index in [0.29, 0.717) is 30.0 Å². The van der Waals surface area contributed by atoms with Crippen LogP contribution in [0.3, 0.4) is 0 Å². The maximum absolute atomic E-state index is 14.0. The first-order chi connectivity index (χ1) is 14.5. The molecule has 0 aliphatic carbocycles. The first kappa shape index (κ1) is 24.5. The molecule has 1 heterocycles. The first-order valence-corrected chi connectivity index (χ1v) is 11.3. The molecule has 2 amide bonds. The molecule has 0 aliphatic rings. The number of nitrogens with one attached hydrogen (secondary N) is 3. The lowest BCUT2D eigenvalue weighted by Gasteiger charge is -2.20. The van der Waals surface area contributed by atoms with Crippen LogP contribution in [-0.4, -0.2) is 44.7 Å². The number of carbonyl (C=O) groups excluding carboxylic acids is 1. The number of hydrogen-bond acceptors (Lipinski definition) is 7. The summed E-state index contributed by atoms with van der Waals surface area (Å²) in [5.41, 5.74) is 1.55. The maximum Gasteiger partial charge on any atom is 0.333 e. The largest absolute Gasteiger partial charge is 0.383 e. The number of benzene rings is 1. The second-order valence-corrected chi connectivity index (χ2v) is 9.17. The van der Waals surface area contributed by atoms with Crippen molar-refractivity contribution in [1.29, 1.82) is 0 Å². The molecule has 0 saturated carbocycles. The number of carbonyl (C=O) groups is 1. The fourth-order valence-corrected chi connectivity index (χ4v) is 3.63. The Kier molecular flexibility index (Phi) is 8.28. The van der Waals surface area contributed by atoms with Gasteiger partial charge in [-0.1, -0.05) is 27.7 Å². The fourth-order valence-electron chi connectivity index (χ4n) is 2.84. The van der Waals surface area contributed by atoms with E-state index in [4.69, 9.17) is 4.74 Å². The van der Waals surface area contributed by atoms with E-state index in [2.05, 4.69) is 20.6 Å². The monoisotopic (exact) mass is 453 g/mol. The normalized spacial score (nSPS) is 11.6. The lowest BCUT2D eigenvalue weighted by molar-refractivity contribution is 0.210. The van der Waals surface area contributed by atoms with E-state index in [9.17, 15) is 17.6 Å². The number of nitrogens with zero attached hydrogens (tertiary/aromatic N) is 2. The molecule has 0 fully saturated rings. The van der Waals surface area contributed by atoms with Crippen LogP contribution in [0.15, 0.2) is 29.4 Å². The van der Waals surface area contributed by atoms with Gasteiger partial charge in [0, 0.05) is 19.3 Å². The third-order valence-corrected chi connectivity index (χ3v) is 5.69. The summed E-state index contributed by atoms with van der Waals surface area (Å²) in [6, 6.07) is 1.71.